The molecule has 15 heavy (non-hydrogen) atoms. The van der Waals surface area contributed by atoms with E-state index >= 15 is 0 Å². The molecule has 1 aliphatic rings. The topological polar surface area (TPSA) is 104 Å². The van der Waals surface area contributed by atoms with Gasteiger partial charge in [0.05, 0.1) is 18.9 Å². The summed E-state index contributed by atoms with van der Waals surface area (Å²) in [5.74, 6) is -1.31. The smallest absolute Gasteiger partial charge is 0.270 e. The van der Waals surface area contributed by atoms with Crippen LogP contribution < -0.4 is 10.6 Å². The van der Waals surface area contributed by atoms with Crippen LogP contribution in [0.15, 0.2) is 12.5 Å². The van der Waals surface area contributed by atoms with Crippen molar-refractivity contribution in [1.29, 1.82) is 0 Å². The summed E-state index contributed by atoms with van der Waals surface area (Å²) in [5.41, 5.74) is 0.252. The van der Waals surface area contributed by atoms with Crippen LogP contribution in [0.1, 0.15) is 16.9 Å². The zero-order valence-corrected chi connectivity index (χ0v) is 7.61. The highest BCUT2D eigenvalue weighted by Crippen LogP contribution is 2.02. The fourth-order valence-corrected chi connectivity index (χ4v) is 1.29. The molecule has 1 fully saturated rings. The first-order chi connectivity index (χ1) is 7.16. The Kier molecular flexibility index (Phi) is 2.20. The van der Waals surface area contributed by atoms with Crippen molar-refractivity contribution in [2.45, 2.75) is 12.5 Å². The third-order valence-corrected chi connectivity index (χ3v) is 2.02. The van der Waals surface area contributed by atoms with Gasteiger partial charge in [-0.3, -0.25) is 19.7 Å². The molecule has 1 aliphatic heterocycles. The molecule has 2 rings (SSSR count). The van der Waals surface area contributed by atoms with Gasteiger partial charge in [0.15, 0.2) is 0 Å². The molecule has 0 radical (unpaired) electrons. The second-order valence-electron chi connectivity index (χ2n) is 3.11. The Labute approximate surface area is 84.3 Å². The minimum absolute atomic E-state index is 0.0152. The molecule has 3 N–H and O–H groups in total. The number of carbonyl (C=O) groups is 3. The highest BCUT2D eigenvalue weighted by Gasteiger charge is 2.31. The van der Waals surface area contributed by atoms with Gasteiger partial charge in [0.1, 0.15) is 11.7 Å². The molecule has 0 aromatic carbocycles. The Bertz CT molecular complexity index is 412. The molecule has 0 spiro atoms. The Morgan fingerprint density at radius 2 is 2.33 bits per heavy atom. The van der Waals surface area contributed by atoms with Crippen LogP contribution in [0.2, 0.25) is 0 Å². The monoisotopic (exact) mass is 208 g/mol. The molecule has 78 valence electrons. The van der Waals surface area contributed by atoms with Gasteiger partial charge in [-0.2, -0.15) is 0 Å². The van der Waals surface area contributed by atoms with Crippen molar-refractivity contribution in [2.24, 2.45) is 0 Å². The van der Waals surface area contributed by atoms with E-state index in [0.717, 1.165) is 0 Å². The van der Waals surface area contributed by atoms with Crippen molar-refractivity contribution in [3.8, 4) is 0 Å². The average molecular weight is 208 g/mol. The van der Waals surface area contributed by atoms with Gasteiger partial charge < -0.3 is 10.3 Å². The molecule has 1 unspecified atom stereocenters. The van der Waals surface area contributed by atoms with Crippen LogP contribution in [0.5, 0.6) is 0 Å². The van der Waals surface area contributed by atoms with E-state index in [1.165, 1.54) is 12.5 Å². The summed E-state index contributed by atoms with van der Waals surface area (Å²) in [6.07, 6.45) is 2.68. The SMILES string of the molecule is O=C1CC(NC(=O)c2cnc[nH]2)C(=O)N1. The number of carbonyl (C=O) groups excluding carboxylic acids is 3. The number of amides is 3. The van der Waals surface area contributed by atoms with Crippen molar-refractivity contribution < 1.29 is 14.4 Å². The van der Waals surface area contributed by atoms with E-state index in [0.29, 0.717) is 0 Å². The predicted octanol–water partition coefficient (Wildman–Crippen LogP) is -1.45. The maximum absolute atomic E-state index is 11.4. The van der Waals surface area contributed by atoms with Gasteiger partial charge in [0.25, 0.3) is 5.91 Å². The molecule has 7 nitrogen and oxygen atoms in total. The molecule has 3 amide bonds. The van der Waals surface area contributed by atoms with Crippen LogP contribution in [-0.2, 0) is 9.59 Å². The Morgan fingerprint density at radius 3 is 2.87 bits per heavy atom. The lowest BCUT2D eigenvalue weighted by atomic mass is 10.2. The Morgan fingerprint density at radius 1 is 1.53 bits per heavy atom. The number of imidazole rings is 1. The first-order valence-electron chi connectivity index (χ1n) is 4.30. The number of rotatable bonds is 2. The lowest BCUT2D eigenvalue weighted by Gasteiger charge is -2.06. The van der Waals surface area contributed by atoms with Gasteiger partial charge in [-0.25, -0.2) is 4.98 Å². The summed E-state index contributed by atoms with van der Waals surface area (Å²) in [5, 5.41) is 4.52. The maximum atomic E-state index is 11.4. The maximum Gasteiger partial charge on any atom is 0.270 e. The van der Waals surface area contributed by atoms with Gasteiger partial charge >= 0.3 is 0 Å². The standard InChI is InChI=1S/C8H8N4O3/c13-6-1-4(7(14)12-6)11-8(15)5-2-9-3-10-5/h2-4H,1H2,(H,9,10)(H,11,15)(H,12,13,14). The van der Waals surface area contributed by atoms with Crippen molar-refractivity contribution in [3.63, 3.8) is 0 Å². The Hall–Kier alpha value is -2.18. The molecular weight excluding hydrogens is 200 g/mol. The van der Waals surface area contributed by atoms with Gasteiger partial charge in [-0.1, -0.05) is 0 Å². The van der Waals surface area contributed by atoms with E-state index < -0.39 is 17.9 Å². The molecule has 1 aromatic heterocycles. The zero-order valence-electron chi connectivity index (χ0n) is 7.61. The molecule has 0 saturated carbocycles. The molecule has 2 heterocycles. The highest BCUT2D eigenvalue weighted by molar-refractivity contribution is 6.07. The number of aromatic nitrogens is 2. The second kappa shape index (κ2) is 3.52. The quantitative estimate of drug-likeness (QED) is 0.517. The number of nitrogens with one attached hydrogen (secondary N) is 3. The average Bonchev–Trinajstić information content (AvgIpc) is 2.76. The predicted molar refractivity (Wildman–Crippen MR) is 47.6 cm³/mol. The molecule has 1 aromatic rings. The van der Waals surface area contributed by atoms with Crippen molar-refractivity contribution in [1.82, 2.24) is 20.6 Å². The molecular formula is C8H8N4O3. The van der Waals surface area contributed by atoms with Crippen molar-refractivity contribution in [3.05, 3.63) is 18.2 Å². The summed E-state index contributed by atoms with van der Waals surface area (Å²) in [6.45, 7) is 0. The van der Waals surface area contributed by atoms with Gasteiger partial charge in [0.2, 0.25) is 11.8 Å². The Balaban J connectivity index is 2.01. The van der Waals surface area contributed by atoms with Crippen LogP contribution in [0.25, 0.3) is 0 Å². The number of hydrogen-bond acceptors (Lipinski definition) is 4. The second-order valence-corrected chi connectivity index (χ2v) is 3.11. The van der Waals surface area contributed by atoms with Gasteiger partial charge in [0, 0.05) is 0 Å². The minimum atomic E-state index is -0.784. The highest BCUT2D eigenvalue weighted by atomic mass is 16.2. The van der Waals surface area contributed by atoms with Crippen LogP contribution in [-0.4, -0.2) is 33.7 Å². The largest absolute Gasteiger partial charge is 0.341 e. The molecule has 1 saturated heterocycles. The molecule has 7 heteroatoms. The molecule has 0 bridgehead atoms. The van der Waals surface area contributed by atoms with Gasteiger partial charge in [-0.05, 0) is 0 Å². The number of imide groups is 1. The fraction of sp³-hybridized carbons (Fsp3) is 0.250. The normalized spacial score (nSPS) is 20.1. The number of nitrogens with zero attached hydrogens (tertiary/aromatic N) is 1. The summed E-state index contributed by atoms with van der Waals surface area (Å²) >= 11 is 0. The minimum Gasteiger partial charge on any atom is -0.341 e. The lowest BCUT2D eigenvalue weighted by molar-refractivity contribution is -0.125. The summed E-state index contributed by atoms with van der Waals surface area (Å²) in [6, 6.07) is -0.784. The van der Waals surface area contributed by atoms with Crippen LogP contribution in [0, 0.1) is 0 Å². The van der Waals surface area contributed by atoms with Crippen molar-refractivity contribution >= 4 is 17.7 Å². The number of aromatic amines is 1. The number of hydrogen-bond donors (Lipinski definition) is 3. The molecule has 0 aliphatic carbocycles. The summed E-state index contributed by atoms with van der Waals surface area (Å²) in [7, 11) is 0. The third-order valence-electron chi connectivity index (χ3n) is 2.02. The van der Waals surface area contributed by atoms with E-state index in [2.05, 4.69) is 20.6 Å². The van der Waals surface area contributed by atoms with Crippen LogP contribution in [0.3, 0.4) is 0 Å². The van der Waals surface area contributed by atoms with E-state index in [-0.39, 0.29) is 18.0 Å². The van der Waals surface area contributed by atoms with E-state index in [9.17, 15) is 14.4 Å². The van der Waals surface area contributed by atoms with E-state index in [4.69, 9.17) is 0 Å². The number of H-pyrrole nitrogens is 1. The summed E-state index contributed by atoms with van der Waals surface area (Å²) < 4.78 is 0. The van der Waals surface area contributed by atoms with Gasteiger partial charge in [-0.15, -0.1) is 0 Å². The van der Waals surface area contributed by atoms with Crippen LogP contribution >= 0.6 is 0 Å². The zero-order chi connectivity index (χ0) is 10.8. The first-order valence-corrected chi connectivity index (χ1v) is 4.30. The molecule has 1 atom stereocenters. The van der Waals surface area contributed by atoms with Crippen molar-refractivity contribution in [2.75, 3.05) is 0 Å². The first kappa shape index (κ1) is 9.38. The third kappa shape index (κ3) is 1.85. The van der Waals surface area contributed by atoms with E-state index in [1.54, 1.807) is 0 Å². The van der Waals surface area contributed by atoms with E-state index in [1.807, 2.05) is 0 Å². The summed E-state index contributed by atoms with van der Waals surface area (Å²) in [4.78, 5) is 39.7. The fourth-order valence-electron chi connectivity index (χ4n) is 1.29. The lowest BCUT2D eigenvalue weighted by Crippen LogP contribution is -2.40. The van der Waals surface area contributed by atoms with Crippen LogP contribution in [0.4, 0.5) is 0 Å².